The number of rotatable bonds is 5. The van der Waals surface area contributed by atoms with Gasteiger partial charge in [-0.15, -0.1) is 0 Å². The van der Waals surface area contributed by atoms with Crippen LogP contribution in [0.2, 0.25) is 0 Å². The smallest absolute Gasteiger partial charge is 0.319 e. The molecule has 0 aliphatic heterocycles. The van der Waals surface area contributed by atoms with Crippen molar-refractivity contribution in [3.63, 3.8) is 0 Å². The fourth-order valence-corrected chi connectivity index (χ4v) is 2.00. The molecule has 0 radical (unpaired) electrons. The molecular formula is C16H20N2O4. The third-order valence-corrected chi connectivity index (χ3v) is 3.14. The van der Waals surface area contributed by atoms with Crippen LogP contribution in [0, 0.1) is 6.92 Å². The summed E-state index contributed by atoms with van der Waals surface area (Å²) in [5.41, 5.74) is 0.580. The molecule has 0 saturated carbocycles. The summed E-state index contributed by atoms with van der Waals surface area (Å²) >= 11 is 0. The van der Waals surface area contributed by atoms with Gasteiger partial charge in [-0.1, -0.05) is 0 Å². The van der Waals surface area contributed by atoms with Crippen molar-refractivity contribution in [3.05, 3.63) is 41.9 Å². The summed E-state index contributed by atoms with van der Waals surface area (Å²) in [6, 6.07) is 8.29. The number of benzene rings is 1. The van der Waals surface area contributed by atoms with Crippen molar-refractivity contribution >= 4 is 11.7 Å². The van der Waals surface area contributed by atoms with E-state index in [0.29, 0.717) is 22.9 Å². The Morgan fingerprint density at radius 1 is 1.14 bits per heavy atom. The topological polar surface area (TPSA) is 72.7 Å². The van der Waals surface area contributed by atoms with Crippen LogP contribution in [0.3, 0.4) is 0 Å². The highest BCUT2D eigenvalue weighted by Gasteiger charge is 2.13. The maximum atomic E-state index is 12.1. The van der Waals surface area contributed by atoms with Crippen LogP contribution in [-0.2, 0) is 0 Å². The highest BCUT2D eigenvalue weighted by atomic mass is 16.5. The highest BCUT2D eigenvalue weighted by Crippen LogP contribution is 2.25. The Bertz CT molecular complexity index is 629. The lowest BCUT2D eigenvalue weighted by atomic mass is 10.2. The molecule has 1 atom stereocenters. The average molecular weight is 304 g/mol. The number of carbonyl (C=O) groups is 1. The number of urea groups is 1. The SMILES string of the molecule is COc1cc(NC(=O)N[C@H](C)c2ccc(C)o2)cc(OC)c1. The van der Waals surface area contributed by atoms with E-state index in [1.165, 1.54) is 0 Å². The van der Waals surface area contributed by atoms with Gasteiger partial charge in [0.05, 0.1) is 20.3 Å². The molecule has 1 aromatic carbocycles. The Hall–Kier alpha value is -2.63. The standard InChI is InChI=1S/C16H20N2O4/c1-10-5-6-15(22-10)11(2)17-16(19)18-12-7-13(20-3)9-14(8-12)21-4/h5-9,11H,1-4H3,(H2,17,18,19)/t11-/m1/s1. The molecule has 22 heavy (non-hydrogen) atoms. The van der Waals surface area contributed by atoms with Crippen molar-refractivity contribution in [1.82, 2.24) is 5.32 Å². The van der Waals surface area contributed by atoms with Crippen LogP contribution in [0.25, 0.3) is 0 Å². The lowest BCUT2D eigenvalue weighted by molar-refractivity contribution is 0.247. The van der Waals surface area contributed by atoms with Crippen LogP contribution in [0.1, 0.15) is 24.5 Å². The van der Waals surface area contributed by atoms with E-state index >= 15 is 0 Å². The molecule has 0 bridgehead atoms. The summed E-state index contributed by atoms with van der Waals surface area (Å²) in [4.78, 5) is 12.1. The van der Waals surface area contributed by atoms with Gasteiger partial charge in [-0.25, -0.2) is 4.79 Å². The number of anilines is 1. The van der Waals surface area contributed by atoms with Crippen molar-refractivity contribution in [2.75, 3.05) is 19.5 Å². The summed E-state index contributed by atoms with van der Waals surface area (Å²) < 4.78 is 15.8. The number of nitrogens with one attached hydrogen (secondary N) is 2. The molecule has 0 aliphatic rings. The van der Waals surface area contributed by atoms with Crippen LogP contribution in [0.5, 0.6) is 11.5 Å². The average Bonchev–Trinajstić information content (AvgIpc) is 2.93. The number of ether oxygens (including phenoxy) is 2. The Balaban J connectivity index is 2.02. The number of carbonyl (C=O) groups excluding carboxylic acids is 1. The van der Waals surface area contributed by atoms with Crippen molar-refractivity contribution < 1.29 is 18.7 Å². The van der Waals surface area contributed by atoms with Gasteiger partial charge >= 0.3 is 6.03 Å². The molecule has 6 heteroatoms. The van der Waals surface area contributed by atoms with Crippen LogP contribution in [0.15, 0.2) is 34.7 Å². The van der Waals surface area contributed by atoms with Gasteiger partial charge < -0.3 is 24.5 Å². The van der Waals surface area contributed by atoms with Gasteiger partial charge in [-0.2, -0.15) is 0 Å². The number of aryl methyl sites for hydroxylation is 1. The minimum atomic E-state index is -0.336. The van der Waals surface area contributed by atoms with Crippen LogP contribution in [0.4, 0.5) is 10.5 Å². The largest absolute Gasteiger partial charge is 0.497 e. The third-order valence-electron chi connectivity index (χ3n) is 3.14. The van der Waals surface area contributed by atoms with Gasteiger partial charge in [0.25, 0.3) is 0 Å². The van der Waals surface area contributed by atoms with Crippen LogP contribution < -0.4 is 20.1 Å². The van der Waals surface area contributed by atoms with Gasteiger partial charge in [-0.05, 0) is 26.0 Å². The summed E-state index contributed by atoms with van der Waals surface area (Å²) in [6.07, 6.45) is 0. The number of methoxy groups -OCH3 is 2. The first-order valence-corrected chi connectivity index (χ1v) is 6.88. The van der Waals surface area contributed by atoms with E-state index in [4.69, 9.17) is 13.9 Å². The molecule has 0 aliphatic carbocycles. The summed E-state index contributed by atoms with van der Waals surface area (Å²) in [5, 5.41) is 5.55. The van der Waals surface area contributed by atoms with E-state index in [2.05, 4.69) is 10.6 Å². The van der Waals surface area contributed by atoms with Gasteiger partial charge in [0.15, 0.2) is 0 Å². The Labute approximate surface area is 129 Å². The molecule has 2 aromatic rings. The maximum Gasteiger partial charge on any atom is 0.319 e. The van der Waals surface area contributed by atoms with Crippen molar-refractivity contribution in [1.29, 1.82) is 0 Å². The van der Waals surface area contributed by atoms with Gasteiger partial charge in [0, 0.05) is 23.9 Å². The predicted octanol–water partition coefficient (Wildman–Crippen LogP) is 3.49. The van der Waals surface area contributed by atoms with Gasteiger partial charge in [-0.3, -0.25) is 0 Å². The minimum Gasteiger partial charge on any atom is -0.497 e. The molecule has 2 rings (SSSR count). The zero-order valence-corrected chi connectivity index (χ0v) is 13.1. The number of furan rings is 1. The summed E-state index contributed by atoms with van der Waals surface area (Å²) in [7, 11) is 3.11. The maximum absolute atomic E-state index is 12.1. The molecule has 0 saturated heterocycles. The zero-order valence-electron chi connectivity index (χ0n) is 13.1. The van der Waals surface area contributed by atoms with E-state index in [-0.39, 0.29) is 12.1 Å². The van der Waals surface area contributed by atoms with Crippen molar-refractivity contribution in [2.45, 2.75) is 19.9 Å². The monoisotopic (exact) mass is 304 g/mol. The molecule has 2 amide bonds. The lowest BCUT2D eigenvalue weighted by Crippen LogP contribution is -2.30. The Morgan fingerprint density at radius 2 is 1.77 bits per heavy atom. The van der Waals surface area contributed by atoms with E-state index in [1.807, 2.05) is 26.0 Å². The van der Waals surface area contributed by atoms with Crippen molar-refractivity contribution in [2.24, 2.45) is 0 Å². The van der Waals surface area contributed by atoms with Crippen molar-refractivity contribution in [3.8, 4) is 11.5 Å². The summed E-state index contributed by atoms with van der Waals surface area (Å²) in [5.74, 6) is 2.71. The molecule has 6 nitrogen and oxygen atoms in total. The molecule has 1 aromatic heterocycles. The number of amides is 2. The molecule has 1 heterocycles. The Morgan fingerprint density at radius 3 is 2.27 bits per heavy atom. The second-order valence-electron chi connectivity index (χ2n) is 4.87. The third kappa shape index (κ3) is 3.94. The number of hydrogen-bond acceptors (Lipinski definition) is 4. The molecule has 2 N–H and O–H groups in total. The van der Waals surface area contributed by atoms with E-state index < -0.39 is 0 Å². The molecule has 118 valence electrons. The first-order chi connectivity index (χ1) is 10.5. The van der Waals surface area contributed by atoms with E-state index in [1.54, 1.807) is 32.4 Å². The van der Waals surface area contributed by atoms with Crippen LogP contribution in [-0.4, -0.2) is 20.3 Å². The lowest BCUT2D eigenvalue weighted by Gasteiger charge is -2.14. The second kappa shape index (κ2) is 6.89. The zero-order chi connectivity index (χ0) is 16.1. The van der Waals surface area contributed by atoms with Crippen LogP contribution >= 0.6 is 0 Å². The fraction of sp³-hybridized carbons (Fsp3) is 0.312. The quantitative estimate of drug-likeness (QED) is 0.887. The molecule has 0 unspecified atom stereocenters. The predicted molar refractivity (Wildman–Crippen MR) is 83.6 cm³/mol. The molecular weight excluding hydrogens is 284 g/mol. The summed E-state index contributed by atoms with van der Waals surface area (Å²) in [6.45, 7) is 3.71. The molecule has 0 fully saturated rings. The number of hydrogen-bond donors (Lipinski definition) is 2. The minimum absolute atomic E-state index is 0.235. The normalized spacial score (nSPS) is 11.6. The highest BCUT2D eigenvalue weighted by molar-refractivity contribution is 5.90. The first kappa shape index (κ1) is 15.8. The Kier molecular flexibility index (Phi) is 4.93. The van der Waals surface area contributed by atoms with E-state index in [9.17, 15) is 4.79 Å². The fourth-order valence-electron chi connectivity index (χ4n) is 2.00. The first-order valence-electron chi connectivity index (χ1n) is 6.88. The van der Waals surface area contributed by atoms with Gasteiger partial charge in [0.2, 0.25) is 0 Å². The van der Waals surface area contributed by atoms with E-state index in [0.717, 1.165) is 5.76 Å². The molecule has 0 spiro atoms. The van der Waals surface area contributed by atoms with Gasteiger partial charge in [0.1, 0.15) is 23.0 Å². The second-order valence-corrected chi connectivity index (χ2v) is 4.87.